The summed E-state index contributed by atoms with van der Waals surface area (Å²) in [6.45, 7) is 5.19. The third-order valence-electron chi connectivity index (χ3n) is 3.34. The standard InChI is InChI=1S/C13H22ClN5/c1-17(2)13-15-6-4-12(16-13)19-8-3-7-18(9-5-14)10-11-19/h4,6H,3,5,7-11H2,1-2H3. The molecule has 0 spiro atoms. The minimum atomic E-state index is 0.707. The van der Waals surface area contributed by atoms with Crippen molar-refractivity contribution < 1.29 is 0 Å². The van der Waals surface area contributed by atoms with Crippen LogP contribution < -0.4 is 9.80 Å². The van der Waals surface area contributed by atoms with Gasteiger partial charge in [0.2, 0.25) is 5.95 Å². The van der Waals surface area contributed by atoms with Crippen LogP contribution in [0.3, 0.4) is 0 Å². The molecule has 1 aliphatic heterocycles. The Morgan fingerprint density at radius 3 is 2.84 bits per heavy atom. The molecule has 0 amide bonds. The molecule has 1 aliphatic rings. The molecule has 0 aromatic carbocycles. The molecule has 0 saturated carbocycles. The largest absolute Gasteiger partial charge is 0.355 e. The fourth-order valence-electron chi connectivity index (χ4n) is 2.27. The van der Waals surface area contributed by atoms with Crippen molar-refractivity contribution in [2.24, 2.45) is 0 Å². The van der Waals surface area contributed by atoms with E-state index in [0.29, 0.717) is 5.88 Å². The highest BCUT2D eigenvalue weighted by Gasteiger charge is 2.16. The minimum Gasteiger partial charge on any atom is -0.355 e. The minimum absolute atomic E-state index is 0.707. The smallest absolute Gasteiger partial charge is 0.226 e. The molecule has 106 valence electrons. The first-order chi connectivity index (χ1) is 9.20. The van der Waals surface area contributed by atoms with E-state index in [-0.39, 0.29) is 0 Å². The molecule has 1 fully saturated rings. The maximum atomic E-state index is 5.82. The maximum Gasteiger partial charge on any atom is 0.226 e. The van der Waals surface area contributed by atoms with Gasteiger partial charge in [-0.2, -0.15) is 4.98 Å². The molecule has 1 aromatic heterocycles. The Hall–Kier alpha value is -1.07. The van der Waals surface area contributed by atoms with Crippen molar-refractivity contribution in [2.45, 2.75) is 6.42 Å². The van der Waals surface area contributed by atoms with Crippen molar-refractivity contribution >= 4 is 23.4 Å². The fourth-order valence-corrected chi connectivity index (χ4v) is 2.51. The summed E-state index contributed by atoms with van der Waals surface area (Å²) in [6, 6.07) is 1.99. The highest BCUT2D eigenvalue weighted by atomic mass is 35.5. The average Bonchev–Trinajstić information content (AvgIpc) is 2.65. The van der Waals surface area contributed by atoms with Gasteiger partial charge in [-0.1, -0.05) is 0 Å². The molecule has 2 rings (SSSR count). The van der Waals surface area contributed by atoms with Crippen LogP contribution in [0.1, 0.15) is 6.42 Å². The van der Waals surface area contributed by atoms with Crippen molar-refractivity contribution in [3.63, 3.8) is 0 Å². The lowest BCUT2D eigenvalue weighted by Crippen LogP contribution is -2.32. The summed E-state index contributed by atoms with van der Waals surface area (Å²) in [5.74, 6) is 2.49. The van der Waals surface area contributed by atoms with E-state index in [4.69, 9.17) is 11.6 Å². The van der Waals surface area contributed by atoms with Crippen LogP contribution in [0.2, 0.25) is 0 Å². The highest BCUT2D eigenvalue weighted by Crippen LogP contribution is 2.15. The normalized spacial score (nSPS) is 17.3. The number of aromatic nitrogens is 2. The summed E-state index contributed by atoms with van der Waals surface area (Å²) >= 11 is 5.82. The van der Waals surface area contributed by atoms with Crippen LogP contribution in [-0.2, 0) is 0 Å². The van der Waals surface area contributed by atoms with E-state index in [1.165, 1.54) is 0 Å². The number of rotatable bonds is 4. The summed E-state index contributed by atoms with van der Waals surface area (Å²) < 4.78 is 0. The Bertz CT molecular complexity index is 398. The fraction of sp³-hybridized carbons (Fsp3) is 0.692. The predicted molar refractivity (Wildman–Crippen MR) is 80.3 cm³/mol. The monoisotopic (exact) mass is 283 g/mol. The molecule has 1 saturated heterocycles. The summed E-state index contributed by atoms with van der Waals surface area (Å²) in [7, 11) is 3.92. The molecule has 5 nitrogen and oxygen atoms in total. The zero-order valence-electron chi connectivity index (χ0n) is 11.7. The van der Waals surface area contributed by atoms with Crippen molar-refractivity contribution in [1.82, 2.24) is 14.9 Å². The van der Waals surface area contributed by atoms with Crippen LogP contribution in [0.25, 0.3) is 0 Å². The number of halogens is 1. The molecule has 0 bridgehead atoms. The van der Waals surface area contributed by atoms with Crippen molar-refractivity contribution in [3.8, 4) is 0 Å². The molecule has 0 N–H and O–H groups in total. The van der Waals surface area contributed by atoms with Gasteiger partial charge in [-0.3, -0.25) is 0 Å². The lowest BCUT2D eigenvalue weighted by molar-refractivity contribution is 0.311. The molecule has 2 heterocycles. The van der Waals surface area contributed by atoms with Crippen LogP contribution >= 0.6 is 11.6 Å². The molecular weight excluding hydrogens is 262 g/mol. The summed E-state index contributed by atoms with van der Waals surface area (Å²) in [5.41, 5.74) is 0. The van der Waals surface area contributed by atoms with E-state index < -0.39 is 0 Å². The van der Waals surface area contributed by atoms with Gasteiger partial charge in [0.1, 0.15) is 5.82 Å². The molecule has 6 heteroatoms. The second-order valence-corrected chi connectivity index (χ2v) is 5.36. The van der Waals surface area contributed by atoms with Crippen LogP contribution in [0, 0.1) is 0 Å². The van der Waals surface area contributed by atoms with E-state index in [0.717, 1.165) is 50.9 Å². The van der Waals surface area contributed by atoms with Crippen molar-refractivity contribution in [1.29, 1.82) is 0 Å². The summed E-state index contributed by atoms with van der Waals surface area (Å²) in [6.07, 6.45) is 2.98. The Morgan fingerprint density at radius 1 is 1.26 bits per heavy atom. The van der Waals surface area contributed by atoms with Gasteiger partial charge in [-0.05, 0) is 19.0 Å². The topological polar surface area (TPSA) is 35.5 Å². The van der Waals surface area contributed by atoms with Crippen molar-refractivity contribution in [2.75, 3.05) is 62.5 Å². The average molecular weight is 284 g/mol. The van der Waals surface area contributed by atoms with E-state index in [1.807, 2.05) is 31.3 Å². The third-order valence-corrected chi connectivity index (χ3v) is 3.51. The van der Waals surface area contributed by atoms with Gasteiger partial charge < -0.3 is 14.7 Å². The van der Waals surface area contributed by atoms with Gasteiger partial charge in [0.15, 0.2) is 0 Å². The Morgan fingerprint density at radius 2 is 2.11 bits per heavy atom. The molecule has 0 radical (unpaired) electrons. The van der Waals surface area contributed by atoms with Gasteiger partial charge >= 0.3 is 0 Å². The zero-order valence-corrected chi connectivity index (χ0v) is 12.5. The molecule has 0 atom stereocenters. The first-order valence-corrected chi connectivity index (χ1v) is 7.28. The predicted octanol–water partition coefficient (Wildman–Crippen LogP) is 1.29. The van der Waals surface area contributed by atoms with Crippen LogP contribution in [0.4, 0.5) is 11.8 Å². The maximum absolute atomic E-state index is 5.82. The van der Waals surface area contributed by atoms with E-state index in [2.05, 4.69) is 19.8 Å². The quantitative estimate of drug-likeness (QED) is 0.778. The first-order valence-electron chi connectivity index (χ1n) is 6.74. The van der Waals surface area contributed by atoms with E-state index >= 15 is 0 Å². The second kappa shape index (κ2) is 6.91. The third kappa shape index (κ3) is 3.94. The Kier molecular flexibility index (Phi) is 5.22. The van der Waals surface area contributed by atoms with Gasteiger partial charge in [0.25, 0.3) is 0 Å². The summed E-state index contributed by atoms with van der Waals surface area (Å²) in [4.78, 5) is 15.6. The van der Waals surface area contributed by atoms with Crippen LogP contribution in [-0.4, -0.2) is 67.6 Å². The Labute approximate surface area is 120 Å². The molecule has 1 aromatic rings. The zero-order chi connectivity index (χ0) is 13.7. The van der Waals surface area contributed by atoms with E-state index in [1.54, 1.807) is 0 Å². The van der Waals surface area contributed by atoms with Gasteiger partial charge in [-0.15, -0.1) is 11.6 Å². The molecule has 0 unspecified atom stereocenters. The van der Waals surface area contributed by atoms with Gasteiger partial charge in [0, 0.05) is 52.4 Å². The number of hydrogen-bond acceptors (Lipinski definition) is 5. The first kappa shape index (κ1) is 14.3. The number of alkyl halides is 1. The van der Waals surface area contributed by atoms with Gasteiger partial charge in [-0.25, -0.2) is 4.98 Å². The van der Waals surface area contributed by atoms with E-state index in [9.17, 15) is 0 Å². The molecular formula is C13H22ClN5. The summed E-state index contributed by atoms with van der Waals surface area (Å²) in [5, 5.41) is 0. The second-order valence-electron chi connectivity index (χ2n) is 4.98. The van der Waals surface area contributed by atoms with Crippen LogP contribution in [0.5, 0.6) is 0 Å². The van der Waals surface area contributed by atoms with Crippen LogP contribution in [0.15, 0.2) is 12.3 Å². The number of hydrogen-bond donors (Lipinski definition) is 0. The Balaban J connectivity index is 2.03. The lowest BCUT2D eigenvalue weighted by Gasteiger charge is -2.23. The number of anilines is 2. The van der Waals surface area contributed by atoms with Crippen molar-refractivity contribution in [3.05, 3.63) is 12.3 Å². The molecule has 19 heavy (non-hydrogen) atoms. The lowest BCUT2D eigenvalue weighted by atomic mass is 10.4. The molecule has 0 aliphatic carbocycles. The number of nitrogens with zero attached hydrogens (tertiary/aromatic N) is 5. The van der Waals surface area contributed by atoms with Gasteiger partial charge in [0.05, 0.1) is 0 Å². The highest BCUT2D eigenvalue weighted by molar-refractivity contribution is 6.18. The SMILES string of the molecule is CN(C)c1nccc(N2CCCN(CCCl)CC2)n1.